The standard InChI is InChI=1S/C4H5N3OS/c5-3(6)4-7-2(9)1-8-4/h1,9H,(H3,5,6). The molecule has 48 valence electrons. The van der Waals surface area contributed by atoms with Crippen molar-refractivity contribution in [3.05, 3.63) is 12.2 Å². The summed E-state index contributed by atoms with van der Waals surface area (Å²) in [4.78, 5) is 3.66. The van der Waals surface area contributed by atoms with E-state index in [0.29, 0.717) is 5.03 Å². The van der Waals surface area contributed by atoms with E-state index in [-0.39, 0.29) is 11.7 Å². The molecular formula is C4H5N3OS. The highest BCUT2D eigenvalue weighted by Gasteiger charge is 2.01. The number of oxazole rings is 1. The fourth-order valence-electron chi connectivity index (χ4n) is 0.389. The normalized spacial score (nSPS) is 9.44. The van der Waals surface area contributed by atoms with Crippen LogP contribution < -0.4 is 5.73 Å². The molecule has 0 bridgehead atoms. The number of hydrogen-bond donors (Lipinski definition) is 3. The number of thiol groups is 1. The van der Waals surface area contributed by atoms with Gasteiger partial charge in [-0.25, -0.2) is 4.98 Å². The van der Waals surface area contributed by atoms with Gasteiger partial charge in [0, 0.05) is 0 Å². The van der Waals surface area contributed by atoms with Crippen LogP contribution in [-0.2, 0) is 0 Å². The summed E-state index contributed by atoms with van der Waals surface area (Å²) in [5.74, 6) is -0.0738. The Morgan fingerprint density at radius 2 is 2.56 bits per heavy atom. The maximum absolute atomic E-state index is 6.84. The summed E-state index contributed by atoms with van der Waals surface area (Å²) in [6.07, 6.45) is 1.32. The van der Waals surface area contributed by atoms with Gasteiger partial charge in [-0.05, 0) is 0 Å². The van der Waals surface area contributed by atoms with Crippen molar-refractivity contribution in [2.45, 2.75) is 5.03 Å². The van der Waals surface area contributed by atoms with Crippen molar-refractivity contribution in [1.82, 2.24) is 4.98 Å². The van der Waals surface area contributed by atoms with Crippen LogP contribution in [0.5, 0.6) is 0 Å². The maximum Gasteiger partial charge on any atom is 0.262 e. The second-order valence-electron chi connectivity index (χ2n) is 1.42. The van der Waals surface area contributed by atoms with Crippen LogP contribution in [0.1, 0.15) is 5.89 Å². The predicted molar refractivity (Wildman–Crippen MR) is 34.8 cm³/mol. The maximum atomic E-state index is 6.84. The Morgan fingerprint density at radius 1 is 1.89 bits per heavy atom. The van der Waals surface area contributed by atoms with Crippen molar-refractivity contribution in [3.8, 4) is 0 Å². The molecule has 1 aromatic rings. The number of nitrogens with zero attached hydrogens (tertiary/aromatic N) is 1. The average molecular weight is 143 g/mol. The minimum absolute atomic E-state index is 0.111. The lowest BCUT2D eigenvalue weighted by Crippen LogP contribution is -2.10. The summed E-state index contributed by atoms with van der Waals surface area (Å²) < 4.78 is 4.69. The topological polar surface area (TPSA) is 75.9 Å². The van der Waals surface area contributed by atoms with Gasteiger partial charge in [0.25, 0.3) is 5.89 Å². The molecular weight excluding hydrogens is 138 g/mol. The first-order chi connectivity index (χ1) is 4.20. The lowest BCUT2D eigenvalue weighted by atomic mass is 10.6. The van der Waals surface area contributed by atoms with E-state index in [4.69, 9.17) is 11.1 Å². The van der Waals surface area contributed by atoms with Gasteiger partial charge < -0.3 is 10.2 Å². The third kappa shape index (κ3) is 1.23. The zero-order valence-electron chi connectivity index (χ0n) is 4.46. The fourth-order valence-corrected chi connectivity index (χ4v) is 0.533. The van der Waals surface area contributed by atoms with E-state index >= 15 is 0 Å². The number of nitrogens with two attached hydrogens (primary N) is 1. The van der Waals surface area contributed by atoms with Crippen molar-refractivity contribution >= 4 is 18.5 Å². The molecule has 0 saturated carbocycles. The summed E-state index contributed by atoms with van der Waals surface area (Å²) in [5, 5.41) is 7.27. The third-order valence-corrected chi connectivity index (χ3v) is 0.928. The van der Waals surface area contributed by atoms with Gasteiger partial charge in [0.05, 0.1) is 0 Å². The number of nitrogens with one attached hydrogen (secondary N) is 1. The summed E-state index contributed by atoms with van der Waals surface area (Å²) in [6.45, 7) is 0. The first kappa shape index (κ1) is 6.15. The molecule has 0 aromatic carbocycles. The van der Waals surface area contributed by atoms with Crippen molar-refractivity contribution in [2.24, 2.45) is 5.73 Å². The van der Waals surface area contributed by atoms with E-state index in [1.807, 2.05) is 0 Å². The van der Waals surface area contributed by atoms with E-state index in [1.54, 1.807) is 0 Å². The first-order valence-corrected chi connectivity index (χ1v) is 2.64. The summed E-state index contributed by atoms with van der Waals surface area (Å²) in [5.41, 5.74) is 5.02. The van der Waals surface area contributed by atoms with E-state index in [2.05, 4.69) is 22.0 Å². The second-order valence-corrected chi connectivity index (χ2v) is 1.88. The number of amidine groups is 1. The van der Waals surface area contributed by atoms with E-state index in [0.717, 1.165) is 0 Å². The van der Waals surface area contributed by atoms with Gasteiger partial charge in [-0.15, -0.1) is 12.6 Å². The third-order valence-electron chi connectivity index (χ3n) is 0.722. The Bertz CT molecular complexity index is 231. The van der Waals surface area contributed by atoms with Crippen LogP contribution in [0.25, 0.3) is 0 Å². The highest BCUT2D eigenvalue weighted by molar-refractivity contribution is 7.80. The molecule has 0 aliphatic carbocycles. The predicted octanol–water partition coefficient (Wildman–Crippen LogP) is 0.247. The van der Waals surface area contributed by atoms with Crippen molar-refractivity contribution in [1.29, 1.82) is 5.41 Å². The Labute approximate surface area is 57.0 Å². The molecule has 0 spiro atoms. The monoisotopic (exact) mass is 143 g/mol. The number of aromatic nitrogens is 1. The van der Waals surface area contributed by atoms with Crippen LogP contribution in [0, 0.1) is 5.41 Å². The lowest BCUT2D eigenvalue weighted by Gasteiger charge is -1.83. The van der Waals surface area contributed by atoms with Gasteiger partial charge in [0.2, 0.25) is 0 Å². The van der Waals surface area contributed by atoms with E-state index < -0.39 is 0 Å². The lowest BCUT2D eigenvalue weighted by molar-refractivity contribution is 0.543. The molecule has 3 N–H and O–H groups in total. The van der Waals surface area contributed by atoms with Crippen LogP contribution >= 0.6 is 12.6 Å². The first-order valence-electron chi connectivity index (χ1n) is 2.19. The van der Waals surface area contributed by atoms with Gasteiger partial charge >= 0.3 is 0 Å². The fraction of sp³-hybridized carbons (Fsp3) is 0. The number of hydrogen-bond acceptors (Lipinski definition) is 4. The quantitative estimate of drug-likeness (QED) is 0.299. The van der Waals surface area contributed by atoms with Crippen LogP contribution in [-0.4, -0.2) is 10.8 Å². The molecule has 1 rings (SSSR count). The molecule has 4 nitrogen and oxygen atoms in total. The molecule has 0 radical (unpaired) electrons. The minimum Gasteiger partial charge on any atom is -0.441 e. The zero-order chi connectivity index (χ0) is 6.85. The zero-order valence-corrected chi connectivity index (χ0v) is 5.35. The van der Waals surface area contributed by atoms with Crippen molar-refractivity contribution < 1.29 is 4.42 Å². The Balaban J connectivity index is 2.98. The van der Waals surface area contributed by atoms with Crippen LogP contribution in [0.4, 0.5) is 0 Å². The Kier molecular flexibility index (Phi) is 1.44. The summed E-state index contributed by atoms with van der Waals surface area (Å²) in [7, 11) is 0. The smallest absolute Gasteiger partial charge is 0.262 e. The molecule has 0 atom stereocenters. The van der Waals surface area contributed by atoms with E-state index in [9.17, 15) is 0 Å². The van der Waals surface area contributed by atoms with Crippen molar-refractivity contribution in [2.75, 3.05) is 0 Å². The number of nitrogen functional groups attached to an aromatic ring is 1. The highest BCUT2D eigenvalue weighted by atomic mass is 32.1. The largest absolute Gasteiger partial charge is 0.441 e. The van der Waals surface area contributed by atoms with Gasteiger partial charge in [0.15, 0.2) is 5.84 Å². The molecule has 5 heteroatoms. The van der Waals surface area contributed by atoms with Crippen LogP contribution in [0.15, 0.2) is 15.7 Å². The van der Waals surface area contributed by atoms with Crippen LogP contribution in [0.2, 0.25) is 0 Å². The SMILES string of the molecule is N=C(N)c1nc(S)co1. The van der Waals surface area contributed by atoms with Gasteiger partial charge in [0.1, 0.15) is 11.3 Å². The Morgan fingerprint density at radius 3 is 2.78 bits per heavy atom. The highest BCUT2D eigenvalue weighted by Crippen LogP contribution is 2.03. The molecule has 0 unspecified atom stereocenters. The molecule has 0 fully saturated rings. The Hall–Kier alpha value is -0.970. The average Bonchev–Trinajstić information content (AvgIpc) is 2.14. The molecule has 0 saturated heterocycles. The molecule has 0 aliphatic rings. The molecule has 1 heterocycles. The number of rotatable bonds is 1. The second kappa shape index (κ2) is 2.10. The summed E-state index contributed by atoms with van der Waals surface area (Å²) in [6, 6.07) is 0. The molecule has 9 heavy (non-hydrogen) atoms. The van der Waals surface area contributed by atoms with E-state index in [1.165, 1.54) is 6.26 Å². The van der Waals surface area contributed by atoms with Crippen LogP contribution in [0.3, 0.4) is 0 Å². The van der Waals surface area contributed by atoms with Gasteiger partial charge in [-0.2, -0.15) is 0 Å². The summed E-state index contributed by atoms with van der Waals surface area (Å²) >= 11 is 3.84. The van der Waals surface area contributed by atoms with Gasteiger partial charge in [-0.3, -0.25) is 5.41 Å². The molecule has 1 aromatic heterocycles. The minimum atomic E-state index is -0.185. The molecule has 0 amide bonds. The van der Waals surface area contributed by atoms with Crippen molar-refractivity contribution in [3.63, 3.8) is 0 Å². The van der Waals surface area contributed by atoms with Gasteiger partial charge in [-0.1, -0.05) is 0 Å². The molecule has 0 aliphatic heterocycles.